The van der Waals surface area contributed by atoms with E-state index in [-0.39, 0.29) is 12.1 Å². The molecule has 1 saturated heterocycles. The fourth-order valence-electron chi connectivity index (χ4n) is 3.46. The first-order chi connectivity index (χ1) is 14.1. The number of furan rings is 1. The summed E-state index contributed by atoms with van der Waals surface area (Å²) in [5, 5.41) is 5.03. The Morgan fingerprint density at radius 1 is 1.17 bits per heavy atom. The minimum Gasteiger partial charge on any atom is -0.459 e. The molecule has 0 amide bonds. The average molecular weight is 448 g/mol. The fraction of sp³-hybridized carbons (Fsp3) is 0.238. The molecule has 2 atom stereocenters. The molecule has 0 bridgehead atoms. The fourth-order valence-corrected chi connectivity index (χ4v) is 4.09. The third-order valence-corrected chi connectivity index (χ3v) is 5.95. The van der Waals surface area contributed by atoms with E-state index in [1.54, 1.807) is 25.4 Å². The number of hydrogen-bond acceptors (Lipinski definition) is 4. The summed E-state index contributed by atoms with van der Waals surface area (Å²) in [6.07, 6.45) is 1.78. The van der Waals surface area contributed by atoms with Crippen LogP contribution in [-0.2, 0) is 4.74 Å². The lowest BCUT2D eigenvalue weighted by Crippen LogP contribution is -2.32. The van der Waals surface area contributed by atoms with Crippen LogP contribution in [0.25, 0.3) is 11.3 Å². The van der Waals surface area contributed by atoms with E-state index >= 15 is 0 Å². The molecule has 1 fully saturated rings. The Bertz CT molecular complexity index is 1010. The van der Waals surface area contributed by atoms with Gasteiger partial charge in [0.25, 0.3) is 0 Å². The van der Waals surface area contributed by atoms with Crippen LogP contribution in [0.1, 0.15) is 23.5 Å². The number of thiocarbonyl (C=S) groups is 1. The highest BCUT2D eigenvalue weighted by molar-refractivity contribution is 7.80. The van der Waals surface area contributed by atoms with Gasteiger partial charge in [-0.15, -0.1) is 0 Å². The number of hydrogen-bond donors (Lipinski definition) is 1. The number of ether oxygens (including phenoxy) is 1. The Balaban J connectivity index is 1.71. The summed E-state index contributed by atoms with van der Waals surface area (Å²) in [6, 6.07) is 14.9. The molecule has 0 radical (unpaired) electrons. The van der Waals surface area contributed by atoms with E-state index in [2.05, 4.69) is 15.2 Å². The lowest BCUT2D eigenvalue weighted by molar-refractivity contribution is 0.158. The van der Waals surface area contributed by atoms with E-state index in [9.17, 15) is 0 Å². The molecule has 150 valence electrons. The summed E-state index contributed by atoms with van der Waals surface area (Å²) in [6.45, 7) is 1.19. The molecule has 4 rings (SSSR count). The first kappa shape index (κ1) is 20.2. The normalized spacial score (nSPS) is 18.9. The van der Waals surface area contributed by atoms with Crippen LogP contribution in [0.4, 0.5) is 0 Å². The zero-order chi connectivity index (χ0) is 20.4. The van der Waals surface area contributed by atoms with Crippen molar-refractivity contribution in [2.75, 3.05) is 20.3 Å². The first-order valence-corrected chi connectivity index (χ1v) is 10.3. The maximum Gasteiger partial charge on any atom is 0.170 e. The largest absolute Gasteiger partial charge is 0.459 e. The monoisotopic (exact) mass is 447 g/mol. The van der Waals surface area contributed by atoms with Crippen molar-refractivity contribution in [3.63, 3.8) is 0 Å². The molecule has 29 heavy (non-hydrogen) atoms. The number of aromatic nitrogens is 1. The maximum absolute atomic E-state index is 6.25. The van der Waals surface area contributed by atoms with Gasteiger partial charge in [0, 0.05) is 25.4 Å². The Morgan fingerprint density at radius 3 is 2.76 bits per heavy atom. The molecular weight excluding hydrogens is 429 g/mol. The molecule has 5 nitrogen and oxygen atoms in total. The summed E-state index contributed by atoms with van der Waals surface area (Å²) < 4.78 is 11.5. The molecule has 0 aliphatic carbocycles. The molecular formula is C21H19Cl2N3O2S. The van der Waals surface area contributed by atoms with Gasteiger partial charge in [0.2, 0.25) is 0 Å². The molecule has 2 aromatic heterocycles. The molecule has 1 aromatic carbocycles. The highest BCUT2D eigenvalue weighted by atomic mass is 35.5. The summed E-state index contributed by atoms with van der Waals surface area (Å²) in [7, 11) is 1.67. The third kappa shape index (κ3) is 4.12. The smallest absolute Gasteiger partial charge is 0.170 e. The van der Waals surface area contributed by atoms with E-state index < -0.39 is 0 Å². The van der Waals surface area contributed by atoms with Gasteiger partial charge < -0.3 is 19.4 Å². The van der Waals surface area contributed by atoms with Crippen molar-refractivity contribution in [2.45, 2.75) is 12.1 Å². The van der Waals surface area contributed by atoms with Gasteiger partial charge in [-0.25, -0.2) is 0 Å². The third-order valence-electron chi connectivity index (χ3n) is 4.86. The molecule has 0 unspecified atom stereocenters. The minimum atomic E-state index is -0.149. The van der Waals surface area contributed by atoms with Crippen LogP contribution in [0, 0.1) is 0 Å². The lowest BCUT2D eigenvalue weighted by Gasteiger charge is -2.25. The highest BCUT2D eigenvalue weighted by Crippen LogP contribution is 2.40. The number of rotatable bonds is 6. The van der Waals surface area contributed by atoms with Gasteiger partial charge in [-0.2, -0.15) is 0 Å². The zero-order valence-corrected chi connectivity index (χ0v) is 18.0. The van der Waals surface area contributed by atoms with Gasteiger partial charge in [0.1, 0.15) is 17.6 Å². The van der Waals surface area contributed by atoms with Crippen molar-refractivity contribution in [3.8, 4) is 11.3 Å². The van der Waals surface area contributed by atoms with Crippen LogP contribution in [0.3, 0.4) is 0 Å². The van der Waals surface area contributed by atoms with Gasteiger partial charge in [-0.1, -0.05) is 29.3 Å². The molecule has 0 saturated carbocycles. The Labute approximate surface area is 184 Å². The second-order valence-electron chi connectivity index (χ2n) is 6.64. The number of pyridine rings is 1. The van der Waals surface area contributed by atoms with E-state index in [0.29, 0.717) is 34.1 Å². The van der Waals surface area contributed by atoms with Crippen molar-refractivity contribution in [3.05, 3.63) is 76.2 Å². The first-order valence-electron chi connectivity index (χ1n) is 9.10. The van der Waals surface area contributed by atoms with Crippen LogP contribution < -0.4 is 5.32 Å². The van der Waals surface area contributed by atoms with Gasteiger partial charge in [-0.05, 0) is 54.7 Å². The van der Waals surface area contributed by atoms with Crippen molar-refractivity contribution in [1.82, 2.24) is 15.2 Å². The van der Waals surface area contributed by atoms with Gasteiger partial charge in [0.05, 0.1) is 28.4 Å². The van der Waals surface area contributed by atoms with Crippen LogP contribution in [0.5, 0.6) is 0 Å². The van der Waals surface area contributed by atoms with E-state index in [4.69, 9.17) is 44.6 Å². The number of nitrogens with one attached hydrogen (secondary N) is 1. The van der Waals surface area contributed by atoms with Gasteiger partial charge in [-0.3, -0.25) is 4.98 Å². The van der Waals surface area contributed by atoms with Crippen molar-refractivity contribution < 1.29 is 9.15 Å². The van der Waals surface area contributed by atoms with Crippen molar-refractivity contribution in [1.29, 1.82) is 0 Å². The summed E-state index contributed by atoms with van der Waals surface area (Å²) in [5.41, 5.74) is 1.75. The SMILES string of the molecule is COCCN1C(=S)N[C@H](c2ccccn2)[C@H]1c1ccc(-c2ccc(Cl)c(Cl)c2)o1. The Hall–Kier alpha value is -2.12. The number of benzene rings is 1. The Morgan fingerprint density at radius 2 is 2.03 bits per heavy atom. The second kappa shape index (κ2) is 8.71. The van der Waals surface area contributed by atoms with Gasteiger partial charge >= 0.3 is 0 Å². The molecule has 1 aliphatic rings. The number of halogens is 2. The quantitative estimate of drug-likeness (QED) is 0.519. The number of methoxy groups -OCH3 is 1. The van der Waals surface area contributed by atoms with E-state index in [1.165, 1.54) is 0 Å². The maximum atomic E-state index is 6.25. The molecule has 0 spiro atoms. The summed E-state index contributed by atoms with van der Waals surface area (Å²) in [4.78, 5) is 6.60. The van der Waals surface area contributed by atoms with Crippen LogP contribution in [0.2, 0.25) is 10.0 Å². The summed E-state index contributed by atoms with van der Waals surface area (Å²) >= 11 is 17.8. The lowest BCUT2D eigenvalue weighted by atomic mass is 10.0. The average Bonchev–Trinajstić information content (AvgIpc) is 3.34. The zero-order valence-electron chi connectivity index (χ0n) is 15.6. The molecule has 3 aromatic rings. The van der Waals surface area contributed by atoms with Crippen LogP contribution >= 0.6 is 35.4 Å². The predicted octanol–water partition coefficient (Wildman–Crippen LogP) is 5.27. The molecule has 8 heteroatoms. The predicted molar refractivity (Wildman–Crippen MR) is 118 cm³/mol. The molecule has 3 heterocycles. The minimum absolute atomic E-state index is 0.131. The second-order valence-corrected chi connectivity index (χ2v) is 7.84. The Kier molecular flexibility index (Phi) is 6.06. The van der Waals surface area contributed by atoms with Crippen LogP contribution in [0.15, 0.2) is 59.1 Å². The van der Waals surface area contributed by atoms with Gasteiger partial charge in [0.15, 0.2) is 5.11 Å². The van der Waals surface area contributed by atoms with E-state index in [0.717, 1.165) is 17.0 Å². The van der Waals surface area contributed by atoms with E-state index in [1.807, 2.05) is 36.4 Å². The number of nitrogens with zero attached hydrogens (tertiary/aromatic N) is 2. The molecule has 1 N–H and O–H groups in total. The van der Waals surface area contributed by atoms with Crippen molar-refractivity contribution in [2.24, 2.45) is 0 Å². The van der Waals surface area contributed by atoms with Crippen molar-refractivity contribution >= 4 is 40.5 Å². The standard InChI is InChI=1S/C21H19Cl2N3O2S/c1-27-11-10-26-20(19(25-21(26)29)16-4-2-3-9-24-16)18-8-7-17(28-18)13-5-6-14(22)15(23)12-13/h2-9,12,19-20H,10-11H2,1H3,(H,25,29)/t19-,20-/m1/s1. The molecule has 1 aliphatic heterocycles. The topological polar surface area (TPSA) is 50.5 Å². The van der Waals surface area contributed by atoms with Crippen LogP contribution in [-0.4, -0.2) is 35.3 Å². The highest BCUT2D eigenvalue weighted by Gasteiger charge is 2.41. The summed E-state index contributed by atoms with van der Waals surface area (Å²) in [5.74, 6) is 1.49.